The zero-order valence-corrected chi connectivity index (χ0v) is 18.6. The lowest BCUT2D eigenvalue weighted by Gasteiger charge is -2.41. The van der Waals surface area contributed by atoms with Gasteiger partial charge in [-0.3, -0.25) is 0 Å². The smallest absolute Gasteiger partial charge is 0.166 e. The molecule has 0 aliphatic heterocycles. The molecule has 2 heteroatoms. The molecular weight excluding hydrogens is 332 g/mol. The molecule has 0 amide bonds. The van der Waals surface area contributed by atoms with Crippen LogP contribution in [0.25, 0.3) is 6.08 Å². The predicted octanol–water partition coefficient (Wildman–Crippen LogP) is 7.03. The van der Waals surface area contributed by atoms with Crippen molar-refractivity contribution in [3.63, 3.8) is 0 Å². The first kappa shape index (κ1) is 20.0. The number of benzene rings is 1. The Bertz CT molecular complexity index is 793. The summed E-state index contributed by atoms with van der Waals surface area (Å²) in [5.74, 6) is 2.24. The van der Waals surface area contributed by atoms with Gasteiger partial charge >= 0.3 is 0 Å². The quantitative estimate of drug-likeness (QED) is 0.520. The Morgan fingerprint density at radius 3 is 2.04 bits per heavy atom. The van der Waals surface area contributed by atoms with Crippen LogP contribution in [-0.2, 0) is 5.41 Å². The lowest BCUT2D eigenvalue weighted by atomic mass is 9.63. The molecule has 1 aromatic carbocycles. The maximum Gasteiger partial charge on any atom is 0.166 e. The Morgan fingerprint density at radius 1 is 0.889 bits per heavy atom. The molecule has 2 aliphatic rings. The van der Waals surface area contributed by atoms with E-state index in [4.69, 9.17) is 9.47 Å². The molecule has 2 aliphatic carbocycles. The van der Waals surface area contributed by atoms with Crippen LogP contribution in [0.2, 0.25) is 0 Å². The van der Waals surface area contributed by atoms with Gasteiger partial charge in [0.2, 0.25) is 0 Å². The fourth-order valence-electron chi connectivity index (χ4n) is 4.68. The molecule has 0 aromatic heterocycles. The van der Waals surface area contributed by atoms with Crippen LogP contribution >= 0.6 is 0 Å². The molecule has 0 heterocycles. The summed E-state index contributed by atoms with van der Waals surface area (Å²) in [6.45, 7) is 19.9. The van der Waals surface area contributed by atoms with Gasteiger partial charge in [0.05, 0.1) is 12.2 Å². The third-order valence-corrected chi connectivity index (χ3v) is 5.81. The van der Waals surface area contributed by atoms with Gasteiger partial charge in [0.15, 0.2) is 11.5 Å². The summed E-state index contributed by atoms with van der Waals surface area (Å²) in [5, 5.41) is 0. The average molecular weight is 369 g/mol. The second-order valence-electron chi connectivity index (χ2n) is 9.83. The highest BCUT2D eigenvalue weighted by Crippen LogP contribution is 2.59. The van der Waals surface area contributed by atoms with Crippen molar-refractivity contribution >= 4 is 6.08 Å². The minimum Gasteiger partial charge on any atom is -0.487 e. The van der Waals surface area contributed by atoms with Gasteiger partial charge in [-0.2, -0.15) is 0 Å². The van der Waals surface area contributed by atoms with Crippen LogP contribution in [0.4, 0.5) is 0 Å². The number of fused-ring (bicyclic) bond motifs is 3. The average Bonchev–Trinajstić information content (AvgIpc) is 2.82. The summed E-state index contributed by atoms with van der Waals surface area (Å²) >= 11 is 0. The molecule has 1 aromatic rings. The molecule has 0 saturated heterocycles. The molecule has 2 nitrogen and oxygen atoms in total. The molecule has 0 N–H and O–H groups in total. The largest absolute Gasteiger partial charge is 0.487 e. The van der Waals surface area contributed by atoms with Gasteiger partial charge in [0.25, 0.3) is 0 Å². The van der Waals surface area contributed by atoms with E-state index in [0.29, 0.717) is 5.92 Å². The summed E-state index contributed by atoms with van der Waals surface area (Å²) in [6, 6.07) is 2.34. The van der Waals surface area contributed by atoms with E-state index >= 15 is 0 Å². The van der Waals surface area contributed by atoms with E-state index in [1.165, 1.54) is 22.3 Å². The van der Waals surface area contributed by atoms with Gasteiger partial charge in [-0.05, 0) is 69.6 Å². The normalized spacial score (nSPS) is 22.9. The molecular formula is C25H36O2. The van der Waals surface area contributed by atoms with Crippen LogP contribution in [0.1, 0.15) is 91.3 Å². The molecule has 0 radical (unpaired) electrons. The zero-order chi connectivity index (χ0) is 20.1. The van der Waals surface area contributed by atoms with Crippen molar-refractivity contribution in [3.8, 4) is 11.5 Å². The predicted molar refractivity (Wildman–Crippen MR) is 115 cm³/mol. The van der Waals surface area contributed by atoms with Crippen molar-refractivity contribution in [2.24, 2.45) is 5.41 Å². The van der Waals surface area contributed by atoms with Gasteiger partial charge < -0.3 is 9.47 Å². The Kier molecular flexibility index (Phi) is 4.99. The Balaban J connectivity index is 2.33. The SMILES string of the molecule is CC(C)Oc1c(C(C)C)cc2c(c1OC(C)C)C1(C)C=CCC(C)(C)C1=C2. The molecule has 27 heavy (non-hydrogen) atoms. The highest BCUT2D eigenvalue weighted by atomic mass is 16.5. The fourth-order valence-corrected chi connectivity index (χ4v) is 4.68. The highest BCUT2D eigenvalue weighted by molar-refractivity contribution is 5.79. The third kappa shape index (κ3) is 3.32. The number of hydrogen-bond acceptors (Lipinski definition) is 2. The minimum absolute atomic E-state index is 0.0965. The van der Waals surface area contributed by atoms with E-state index in [2.05, 4.69) is 86.6 Å². The second kappa shape index (κ2) is 6.72. The lowest BCUT2D eigenvalue weighted by molar-refractivity contribution is 0.193. The summed E-state index contributed by atoms with van der Waals surface area (Å²) in [7, 11) is 0. The van der Waals surface area contributed by atoms with Gasteiger partial charge in [-0.15, -0.1) is 0 Å². The van der Waals surface area contributed by atoms with Crippen LogP contribution in [0.5, 0.6) is 11.5 Å². The summed E-state index contributed by atoms with van der Waals surface area (Å²) in [4.78, 5) is 0. The van der Waals surface area contributed by atoms with E-state index < -0.39 is 0 Å². The minimum atomic E-state index is -0.133. The maximum atomic E-state index is 6.47. The highest BCUT2D eigenvalue weighted by Gasteiger charge is 2.47. The van der Waals surface area contributed by atoms with Crippen LogP contribution in [0, 0.1) is 5.41 Å². The first-order valence-electron chi connectivity index (χ1n) is 10.4. The van der Waals surface area contributed by atoms with E-state index in [1.54, 1.807) is 0 Å². The van der Waals surface area contributed by atoms with Crippen LogP contribution < -0.4 is 9.47 Å². The lowest BCUT2D eigenvalue weighted by Crippen LogP contribution is -2.33. The first-order valence-corrected chi connectivity index (χ1v) is 10.4. The maximum absolute atomic E-state index is 6.47. The fraction of sp³-hybridized carbons (Fsp3) is 0.600. The van der Waals surface area contributed by atoms with E-state index in [0.717, 1.165) is 17.9 Å². The van der Waals surface area contributed by atoms with Gasteiger partial charge in [-0.1, -0.05) is 45.9 Å². The zero-order valence-electron chi connectivity index (χ0n) is 18.6. The van der Waals surface area contributed by atoms with E-state index in [-0.39, 0.29) is 23.0 Å². The molecule has 0 spiro atoms. The third-order valence-electron chi connectivity index (χ3n) is 5.81. The Labute approximate surface area is 165 Å². The Morgan fingerprint density at radius 2 is 1.48 bits per heavy atom. The second-order valence-corrected chi connectivity index (χ2v) is 9.83. The van der Waals surface area contributed by atoms with Crippen molar-refractivity contribution in [3.05, 3.63) is 40.5 Å². The molecule has 148 valence electrons. The van der Waals surface area contributed by atoms with E-state index in [9.17, 15) is 0 Å². The molecule has 1 unspecified atom stereocenters. The molecule has 3 rings (SSSR count). The summed E-state index contributed by atoms with van der Waals surface area (Å²) in [5.41, 5.74) is 5.30. The first-order chi connectivity index (χ1) is 12.5. The van der Waals surface area contributed by atoms with Gasteiger partial charge in [-0.25, -0.2) is 0 Å². The monoisotopic (exact) mass is 368 g/mol. The summed E-state index contributed by atoms with van der Waals surface area (Å²) < 4.78 is 12.8. The van der Waals surface area contributed by atoms with Crippen molar-refractivity contribution in [2.45, 2.75) is 92.3 Å². The summed E-state index contributed by atoms with van der Waals surface area (Å²) in [6.07, 6.45) is 8.41. The molecule has 0 fully saturated rings. The topological polar surface area (TPSA) is 18.5 Å². The number of ether oxygens (including phenoxy) is 2. The standard InChI is InChI=1S/C25H36O2/c1-15(2)19-13-18-14-20-24(7,8)11-10-12-25(20,9)21(18)23(27-17(5)6)22(19)26-16(3)4/h10,12-17H,11H2,1-9H3. The van der Waals surface area contributed by atoms with Crippen molar-refractivity contribution in [2.75, 3.05) is 0 Å². The molecule has 0 saturated carbocycles. The van der Waals surface area contributed by atoms with Crippen molar-refractivity contribution in [1.29, 1.82) is 0 Å². The Hall–Kier alpha value is -1.70. The molecule has 1 atom stereocenters. The van der Waals surface area contributed by atoms with Crippen LogP contribution in [0.3, 0.4) is 0 Å². The molecule has 0 bridgehead atoms. The van der Waals surface area contributed by atoms with Crippen LogP contribution in [-0.4, -0.2) is 12.2 Å². The number of hydrogen-bond donors (Lipinski definition) is 0. The van der Waals surface area contributed by atoms with Gasteiger partial charge in [0, 0.05) is 16.5 Å². The van der Waals surface area contributed by atoms with Gasteiger partial charge in [0.1, 0.15) is 0 Å². The number of allylic oxidation sites excluding steroid dienone is 3. The van der Waals surface area contributed by atoms with Crippen LogP contribution in [0.15, 0.2) is 23.8 Å². The van der Waals surface area contributed by atoms with Crippen molar-refractivity contribution in [1.82, 2.24) is 0 Å². The van der Waals surface area contributed by atoms with E-state index in [1.807, 2.05) is 0 Å². The number of rotatable bonds is 5. The van der Waals surface area contributed by atoms with Crippen molar-refractivity contribution < 1.29 is 9.47 Å².